The largest absolute Gasteiger partial charge is 0.507 e. The smallest absolute Gasteiger partial charge is 0.273 e. The lowest BCUT2D eigenvalue weighted by molar-refractivity contribution is 0.0730. The number of aromatic hydroxyl groups is 1. The predicted octanol–water partition coefficient (Wildman–Crippen LogP) is 6.20. The molecule has 2 heterocycles. The van der Waals surface area contributed by atoms with E-state index in [1.165, 1.54) is 0 Å². The number of fused-ring (bicyclic) bond motifs is 1. The van der Waals surface area contributed by atoms with Gasteiger partial charge in [-0.1, -0.05) is 53.6 Å². The predicted molar refractivity (Wildman–Crippen MR) is 136 cm³/mol. The van der Waals surface area contributed by atoms with Crippen LogP contribution < -0.4 is 4.74 Å². The monoisotopic (exact) mass is 487 g/mol. The minimum atomic E-state index is -0.400. The first-order valence-corrected chi connectivity index (χ1v) is 11.9. The number of aromatic nitrogens is 2. The van der Waals surface area contributed by atoms with Crippen LogP contribution >= 0.6 is 11.6 Å². The molecule has 0 saturated carbocycles. The maximum absolute atomic E-state index is 13.6. The summed E-state index contributed by atoms with van der Waals surface area (Å²) in [6.45, 7) is 6.81. The standard InChI is InChI=1S/C28H26ClN3O3/c1-4-35-20-11-9-19(10-12-20)27-24-25(21-14-22(29)17(3)13-23(21)33)30-31-26(24)28(34)32(27)15-18-7-5-16(2)6-8-18/h5-14,27,33H,4,15H2,1-3H3,(H,30,31). The maximum atomic E-state index is 13.6. The number of amides is 1. The molecular weight excluding hydrogens is 462 g/mol. The quantitative estimate of drug-likeness (QED) is 0.339. The first-order valence-electron chi connectivity index (χ1n) is 11.5. The van der Waals surface area contributed by atoms with E-state index in [9.17, 15) is 9.90 Å². The fourth-order valence-electron chi connectivity index (χ4n) is 4.57. The summed E-state index contributed by atoms with van der Waals surface area (Å²) in [5.74, 6) is 0.688. The van der Waals surface area contributed by atoms with Gasteiger partial charge in [0.05, 0.1) is 12.6 Å². The Labute approximate surface area is 209 Å². The molecule has 4 aromatic rings. The van der Waals surface area contributed by atoms with E-state index in [-0.39, 0.29) is 11.7 Å². The number of carbonyl (C=O) groups excluding carboxylic acids is 1. The number of nitrogens with one attached hydrogen (secondary N) is 1. The van der Waals surface area contributed by atoms with Gasteiger partial charge in [-0.25, -0.2) is 0 Å². The second-order valence-corrected chi connectivity index (χ2v) is 9.21. The topological polar surface area (TPSA) is 78.5 Å². The van der Waals surface area contributed by atoms with Crippen LogP contribution in [-0.4, -0.2) is 32.7 Å². The summed E-state index contributed by atoms with van der Waals surface area (Å²) in [7, 11) is 0. The van der Waals surface area contributed by atoms with Crippen LogP contribution in [0.25, 0.3) is 11.3 Å². The molecule has 1 aliphatic heterocycles. The molecule has 3 aromatic carbocycles. The number of aryl methyl sites for hydroxylation is 2. The number of benzene rings is 3. The number of ether oxygens (including phenoxy) is 1. The van der Waals surface area contributed by atoms with E-state index < -0.39 is 6.04 Å². The van der Waals surface area contributed by atoms with E-state index in [4.69, 9.17) is 16.3 Å². The molecule has 1 atom stereocenters. The minimum absolute atomic E-state index is 0.0658. The molecule has 6 nitrogen and oxygen atoms in total. The Morgan fingerprint density at radius 2 is 1.80 bits per heavy atom. The van der Waals surface area contributed by atoms with Crippen molar-refractivity contribution in [2.45, 2.75) is 33.4 Å². The number of halogens is 1. The molecule has 35 heavy (non-hydrogen) atoms. The molecule has 1 amide bonds. The fourth-order valence-corrected chi connectivity index (χ4v) is 4.73. The molecule has 7 heteroatoms. The molecule has 2 N–H and O–H groups in total. The number of phenols is 1. The Morgan fingerprint density at radius 3 is 2.49 bits per heavy atom. The van der Waals surface area contributed by atoms with Gasteiger partial charge in [0, 0.05) is 22.7 Å². The number of nitrogens with zero attached hydrogens (tertiary/aromatic N) is 2. The molecule has 0 bridgehead atoms. The molecule has 178 valence electrons. The second-order valence-electron chi connectivity index (χ2n) is 8.80. The van der Waals surface area contributed by atoms with Crippen molar-refractivity contribution in [3.8, 4) is 22.8 Å². The minimum Gasteiger partial charge on any atom is -0.507 e. The molecule has 1 unspecified atom stereocenters. The van der Waals surface area contributed by atoms with Crippen LogP contribution in [0.5, 0.6) is 11.5 Å². The summed E-state index contributed by atoms with van der Waals surface area (Å²) in [5, 5.41) is 18.6. The van der Waals surface area contributed by atoms with Gasteiger partial charge < -0.3 is 14.7 Å². The van der Waals surface area contributed by atoms with Crippen molar-refractivity contribution in [2.24, 2.45) is 0 Å². The number of carbonyl (C=O) groups is 1. The van der Waals surface area contributed by atoms with E-state index in [0.717, 1.165) is 33.6 Å². The number of hydrogen-bond donors (Lipinski definition) is 2. The normalized spacial score (nSPS) is 14.9. The van der Waals surface area contributed by atoms with Gasteiger partial charge in [-0.15, -0.1) is 0 Å². The van der Waals surface area contributed by atoms with Gasteiger partial charge in [0.2, 0.25) is 0 Å². The Balaban J connectivity index is 1.64. The first kappa shape index (κ1) is 23.0. The van der Waals surface area contributed by atoms with Crippen LogP contribution in [0, 0.1) is 13.8 Å². The van der Waals surface area contributed by atoms with Gasteiger partial charge in [0.15, 0.2) is 0 Å². The fraction of sp³-hybridized carbons (Fsp3) is 0.214. The van der Waals surface area contributed by atoms with E-state index in [1.807, 2.05) is 74.2 Å². The Morgan fingerprint density at radius 1 is 1.09 bits per heavy atom. The van der Waals surface area contributed by atoms with E-state index >= 15 is 0 Å². The van der Waals surface area contributed by atoms with E-state index in [2.05, 4.69) is 10.2 Å². The summed E-state index contributed by atoms with van der Waals surface area (Å²) < 4.78 is 5.62. The lowest BCUT2D eigenvalue weighted by Crippen LogP contribution is -2.29. The van der Waals surface area contributed by atoms with Crippen molar-refractivity contribution in [1.82, 2.24) is 15.1 Å². The van der Waals surface area contributed by atoms with Crippen LogP contribution in [0.1, 0.15) is 51.3 Å². The Kier molecular flexibility index (Phi) is 5.99. The Hall–Kier alpha value is -3.77. The molecule has 0 radical (unpaired) electrons. The zero-order chi connectivity index (χ0) is 24.7. The number of aromatic amines is 1. The van der Waals surface area contributed by atoms with E-state index in [1.54, 1.807) is 12.1 Å². The molecule has 1 aromatic heterocycles. The molecule has 0 saturated heterocycles. The number of phenolic OH excluding ortho intramolecular Hbond substituents is 1. The lowest BCUT2D eigenvalue weighted by atomic mass is 9.95. The highest BCUT2D eigenvalue weighted by molar-refractivity contribution is 6.31. The van der Waals surface area contributed by atoms with Crippen LogP contribution in [0.2, 0.25) is 5.02 Å². The molecular formula is C28H26ClN3O3. The average Bonchev–Trinajstić information content (AvgIpc) is 3.38. The van der Waals surface area contributed by atoms with Crippen LogP contribution in [-0.2, 0) is 6.54 Å². The lowest BCUT2D eigenvalue weighted by Gasteiger charge is -2.27. The van der Waals surface area contributed by atoms with Crippen LogP contribution in [0.3, 0.4) is 0 Å². The number of H-pyrrole nitrogens is 1. The highest BCUT2D eigenvalue weighted by atomic mass is 35.5. The molecule has 1 aliphatic rings. The SMILES string of the molecule is CCOc1ccc(C2c3c(-c4cc(Cl)c(C)cc4O)n[nH]c3C(=O)N2Cc2ccc(C)cc2)cc1. The highest BCUT2D eigenvalue weighted by Gasteiger charge is 2.42. The van der Waals surface area contributed by atoms with Gasteiger partial charge in [0.1, 0.15) is 22.9 Å². The van der Waals surface area contributed by atoms with Crippen molar-refractivity contribution in [2.75, 3.05) is 6.61 Å². The Bertz CT molecular complexity index is 1390. The highest BCUT2D eigenvalue weighted by Crippen LogP contribution is 2.46. The summed E-state index contributed by atoms with van der Waals surface area (Å²) in [4.78, 5) is 15.4. The second kappa shape index (κ2) is 9.12. The van der Waals surface area contributed by atoms with Crippen LogP contribution in [0.4, 0.5) is 0 Å². The maximum Gasteiger partial charge on any atom is 0.273 e. The van der Waals surface area contributed by atoms with Crippen molar-refractivity contribution >= 4 is 17.5 Å². The zero-order valence-corrected chi connectivity index (χ0v) is 20.6. The van der Waals surface area contributed by atoms with Crippen LogP contribution in [0.15, 0.2) is 60.7 Å². The van der Waals surface area contributed by atoms with Crippen molar-refractivity contribution in [3.63, 3.8) is 0 Å². The third kappa shape index (κ3) is 4.15. The summed E-state index contributed by atoms with van der Waals surface area (Å²) in [6.07, 6.45) is 0. The third-order valence-corrected chi connectivity index (χ3v) is 6.78. The van der Waals surface area contributed by atoms with Gasteiger partial charge in [0.25, 0.3) is 5.91 Å². The van der Waals surface area contributed by atoms with Gasteiger partial charge in [-0.2, -0.15) is 5.10 Å². The molecule has 0 spiro atoms. The number of rotatable bonds is 6. The molecule has 5 rings (SSSR count). The summed E-state index contributed by atoms with van der Waals surface area (Å²) in [6, 6.07) is 18.8. The van der Waals surface area contributed by atoms with Crippen molar-refractivity contribution < 1.29 is 14.6 Å². The molecule has 0 fully saturated rings. The first-order chi connectivity index (χ1) is 16.9. The van der Waals surface area contributed by atoms with E-state index in [0.29, 0.717) is 35.1 Å². The van der Waals surface area contributed by atoms with Gasteiger partial charge in [-0.3, -0.25) is 9.89 Å². The van der Waals surface area contributed by atoms with Crippen molar-refractivity contribution in [3.05, 3.63) is 99.2 Å². The summed E-state index contributed by atoms with van der Waals surface area (Å²) in [5.41, 5.74) is 6.02. The zero-order valence-electron chi connectivity index (χ0n) is 19.8. The summed E-state index contributed by atoms with van der Waals surface area (Å²) >= 11 is 6.39. The molecule has 0 aliphatic carbocycles. The number of hydrogen-bond acceptors (Lipinski definition) is 4. The third-order valence-electron chi connectivity index (χ3n) is 6.38. The van der Waals surface area contributed by atoms with Crippen molar-refractivity contribution in [1.29, 1.82) is 0 Å². The van der Waals surface area contributed by atoms with Gasteiger partial charge >= 0.3 is 0 Å². The van der Waals surface area contributed by atoms with Gasteiger partial charge in [-0.05, 0) is 61.7 Å². The average molecular weight is 488 g/mol.